The van der Waals surface area contributed by atoms with Crippen molar-refractivity contribution < 1.29 is 19.4 Å². The third-order valence-corrected chi connectivity index (χ3v) is 2.35. The van der Waals surface area contributed by atoms with E-state index < -0.39 is 6.09 Å². The number of benzene rings is 1. The maximum atomic E-state index is 10.6. The molecule has 5 heteroatoms. The van der Waals surface area contributed by atoms with E-state index in [2.05, 4.69) is 5.32 Å². The molecule has 5 nitrogen and oxygen atoms in total. The van der Waals surface area contributed by atoms with Gasteiger partial charge in [0.2, 0.25) is 0 Å². The number of anilines is 1. The van der Waals surface area contributed by atoms with Crippen LogP contribution in [0, 0.1) is 0 Å². The van der Waals surface area contributed by atoms with E-state index in [1.165, 1.54) is 0 Å². The molecule has 0 heterocycles. The van der Waals surface area contributed by atoms with Gasteiger partial charge in [-0.15, -0.1) is 0 Å². The number of carbonyl (C=O) groups is 1. The number of ether oxygens (including phenoxy) is 2. The van der Waals surface area contributed by atoms with Gasteiger partial charge in [-0.25, -0.2) is 4.79 Å². The minimum Gasteiger partial charge on any atom is -0.465 e. The Labute approximate surface area is 107 Å². The summed E-state index contributed by atoms with van der Waals surface area (Å²) < 4.78 is 10.5. The highest BCUT2D eigenvalue weighted by atomic mass is 16.5. The van der Waals surface area contributed by atoms with Crippen LogP contribution in [0.3, 0.4) is 0 Å². The van der Waals surface area contributed by atoms with Crippen LogP contribution in [0.2, 0.25) is 0 Å². The summed E-state index contributed by atoms with van der Waals surface area (Å²) in [4.78, 5) is 10.6. The molecule has 0 bridgehead atoms. The molecule has 0 aliphatic carbocycles. The molecule has 0 saturated carbocycles. The van der Waals surface area contributed by atoms with E-state index in [1.54, 1.807) is 12.1 Å². The Morgan fingerprint density at radius 1 is 1.22 bits per heavy atom. The van der Waals surface area contributed by atoms with E-state index in [9.17, 15) is 4.79 Å². The molecule has 0 aliphatic rings. The SMILES string of the molecule is CCOCCOCCc1ccccc1NC(=O)O. The molecule has 1 aromatic carbocycles. The molecule has 18 heavy (non-hydrogen) atoms. The van der Waals surface area contributed by atoms with Crippen LogP contribution in [0.4, 0.5) is 10.5 Å². The minimum atomic E-state index is -1.06. The topological polar surface area (TPSA) is 67.8 Å². The molecule has 2 N–H and O–H groups in total. The van der Waals surface area contributed by atoms with Gasteiger partial charge in [0, 0.05) is 12.3 Å². The third-order valence-electron chi connectivity index (χ3n) is 2.35. The number of hydrogen-bond donors (Lipinski definition) is 2. The van der Waals surface area contributed by atoms with Crippen LogP contribution in [0.5, 0.6) is 0 Å². The maximum Gasteiger partial charge on any atom is 0.409 e. The number of rotatable bonds is 8. The van der Waals surface area contributed by atoms with Crippen molar-refractivity contribution >= 4 is 11.8 Å². The van der Waals surface area contributed by atoms with Gasteiger partial charge in [0.25, 0.3) is 0 Å². The molecule has 0 saturated heterocycles. The second-order valence-corrected chi connectivity index (χ2v) is 3.65. The lowest BCUT2D eigenvalue weighted by Gasteiger charge is -2.09. The van der Waals surface area contributed by atoms with Crippen LogP contribution in [0.1, 0.15) is 12.5 Å². The maximum absolute atomic E-state index is 10.6. The molecule has 1 amide bonds. The summed E-state index contributed by atoms with van der Waals surface area (Å²) in [6.07, 6.45) is -0.387. The Balaban J connectivity index is 2.34. The molecule has 0 spiro atoms. The normalized spacial score (nSPS) is 10.3. The molecule has 1 aromatic rings. The molecule has 1 rings (SSSR count). The standard InChI is InChI=1S/C13H19NO4/c1-2-17-9-10-18-8-7-11-5-3-4-6-12(11)14-13(15)16/h3-6,14H,2,7-10H2,1H3,(H,15,16). The van der Waals surface area contributed by atoms with Crippen molar-refractivity contribution in [3.63, 3.8) is 0 Å². The average Bonchev–Trinajstić information content (AvgIpc) is 2.35. The fourth-order valence-electron chi connectivity index (χ4n) is 1.52. The molecular weight excluding hydrogens is 234 g/mol. The highest BCUT2D eigenvalue weighted by Crippen LogP contribution is 2.15. The smallest absolute Gasteiger partial charge is 0.409 e. The molecule has 0 atom stereocenters. The van der Waals surface area contributed by atoms with Gasteiger partial charge in [-0.3, -0.25) is 5.32 Å². The predicted molar refractivity (Wildman–Crippen MR) is 69.1 cm³/mol. The molecular formula is C13H19NO4. The van der Waals surface area contributed by atoms with E-state index in [4.69, 9.17) is 14.6 Å². The predicted octanol–water partition coefficient (Wildman–Crippen LogP) is 2.37. The second-order valence-electron chi connectivity index (χ2n) is 3.65. The van der Waals surface area contributed by atoms with E-state index in [0.29, 0.717) is 38.5 Å². The fraction of sp³-hybridized carbons (Fsp3) is 0.462. The van der Waals surface area contributed by atoms with Crippen molar-refractivity contribution in [2.75, 3.05) is 31.7 Å². The zero-order valence-corrected chi connectivity index (χ0v) is 10.5. The minimum absolute atomic E-state index is 0.547. The second kappa shape index (κ2) is 8.49. The number of carboxylic acid groups (broad SMARTS) is 1. The van der Waals surface area contributed by atoms with Crippen LogP contribution in [0.25, 0.3) is 0 Å². The quantitative estimate of drug-likeness (QED) is 0.698. The molecule has 0 fully saturated rings. The number of para-hydroxylation sites is 1. The zero-order chi connectivity index (χ0) is 13.2. The van der Waals surface area contributed by atoms with Crippen LogP contribution in [-0.2, 0) is 15.9 Å². The third kappa shape index (κ3) is 5.65. The molecule has 100 valence electrons. The van der Waals surface area contributed by atoms with Crippen LogP contribution >= 0.6 is 0 Å². The zero-order valence-electron chi connectivity index (χ0n) is 10.5. The summed E-state index contributed by atoms with van der Waals surface area (Å²) in [7, 11) is 0. The van der Waals surface area contributed by atoms with E-state index in [-0.39, 0.29) is 0 Å². The lowest BCUT2D eigenvalue weighted by atomic mass is 10.1. The Bertz CT molecular complexity index is 368. The summed E-state index contributed by atoms with van der Waals surface area (Å²) in [5.74, 6) is 0. The first kappa shape index (κ1) is 14.5. The van der Waals surface area contributed by atoms with E-state index in [1.807, 2.05) is 19.1 Å². The van der Waals surface area contributed by atoms with Gasteiger partial charge in [0.1, 0.15) is 0 Å². The fourth-order valence-corrected chi connectivity index (χ4v) is 1.52. The van der Waals surface area contributed by atoms with Gasteiger partial charge < -0.3 is 14.6 Å². The summed E-state index contributed by atoms with van der Waals surface area (Å²) in [6.45, 7) is 4.32. The van der Waals surface area contributed by atoms with Crippen molar-refractivity contribution in [3.05, 3.63) is 29.8 Å². The largest absolute Gasteiger partial charge is 0.465 e. The van der Waals surface area contributed by atoms with Crippen LogP contribution in [0.15, 0.2) is 24.3 Å². The Morgan fingerprint density at radius 2 is 1.94 bits per heavy atom. The van der Waals surface area contributed by atoms with E-state index in [0.717, 1.165) is 5.56 Å². The summed E-state index contributed by atoms with van der Waals surface area (Å²) >= 11 is 0. The van der Waals surface area contributed by atoms with Gasteiger partial charge in [0.05, 0.1) is 19.8 Å². The average molecular weight is 253 g/mol. The van der Waals surface area contributed by atoms with Crippen molar-refractivity contribution in [1.82, 2.24) is 0 Å². The molecule has 0 aromatic heterocycles. The van der Waals surface area contributed by atoms with Crippen molar-refractivity contribution in [2.24, 2.45) is 0 Å². The van der Waals surface area contributed by atoms with Gasteiger partial charge in [-0.05, 0) is 25.0 Å². The first-order chi connectivity index (χ1) is 8.74. The van der Waals surface area contributed by atoms with Crippen molar-refractivity contribution in [2.45, 2.75) is 13.3 Å². The lowest BCUT2D eigenvalue weighted by Crippen LogP contribution is -2.11. The first-order valence-corrected chi connectivity index (χ1v) is 5.97. The van der Waals surface area contributed by atoms with Crippen LogP contribution < -0.4 is 5.32 Å². The van der Waals surface area contributed by atoms with Crippen molar-refractivity contribution in [1.29, 1.82) is 0 Å². The molecule has 0 aliphatic heterocycles. The Morgan fingerprint density at radius 3 is 2.67 bits per heavy atom. The van der Waals surface area contributed by atoms with Gasteiger partial charge in [-0.2, -0.15) is 0 Å². The number of hydrogen-bond acceptors (Lipinski definition) is 3. The van der Waals surface area contributed by atoms with Crippen LogP contribution in [-0.4, -0.2) is 37.6 Å². The molecule has 0 radical (unpaired) electrons. The first-order valence-electron chi connectivity index (χ1n) is 5.97. The number of amides is 1. The highest BCUT2D eigenvalue weighted by molar-refractivity contribution is 5.83. The van der Waals surface area contributed by atoms with Gasteiger partial charge >= 0.3 is 6.09 Å². The van der Waals surface area contributed by atoms with Crippen molar-refractivity contribution in [3.8, 4) is 0 Å². The Hall–Kier alpha value is -1.59. The van der Waals surface area contributed by atoms with Gasteiger partial charge in [0.15, 0.2) is 0 Å². The summed E-state index contributed by atoms with van der Waals surface area (Å²) in [5.41, 5.74) is 1.54. The number of nitrogens with one attached hydrogen (secondary N) is 1. The van der Waals surface area contributed by atoms with Gasteiger partial charge in [-0.1, -0.05) is 18.2 Å². The summed E-state index contributed by atoms with van der Waals surface area (Å²) in [6, 6.07) is 7.30. The molecule has 0 unspecified atom stereocenters. The monoisotopic (exact) mass is 253 g/mol. The highest BCUT2D eigenvalue weighted by Gasteiger charge is 2.04. The summed E-state index contributed by atoms with van der Waals surface area (Å²) in [5, 5.41) is 11.1. The lowest BCUT2D eigenvalue weighted by molar-refractivity contribution is 0.0541. The Kier molecular flexibility index (Phi) is 6.83. The van der Waals surface area contributed by atoms with E-state index >= 15 is 0 Å².